The largest absolute Gasteiger partial charge is 0.469 e. The van der Waals surface area contributed by atoms with Gasteiger partial charge in [-0.3, -0.25) is 4.79 Å². The minimum Gasteiger partial charge on any atom is -0.469 e. The number of carbonyl (C=O) groups excluding carboxylic acids is 1. The summed E-state index contributed by atoms with van der Waals surface area (Å²) in [6, 6.07) is 0. The van der Waals surface area contributed by atoms with Gasteiger partial charge in [-0.25, -0.2) is 0 Å². The van der Waals surface area contributed by atoms with Crippen LogP contribution in [-0.4, -0.2) is 17.4 Å². The molecule has 6 aliphatic carbocycles. The van der Waals surface area contributed by atoms with E-state index in [0.717, 1.165) is 35.5 Å². The summed E-state index contributed by atoms with van der Waals surface area (Å²) >= 11 is 3.86. The standard InChI is InChI=1S/C10H9BrO2/c1-13-8(12)9-2-5-3(9)7-4(9)6(2)10(5,7)11/h2-7H,1H3. The SMILES string of the molecule is COC(=O)C12C3C4C1C1C2C3C41Br. The minimum atomic E-state index is 0.0598. The zero-order valence-corrected chi connectivity index (χ0v) is 8.74. The van der Waals surface area contributed by atoms with Crippen LogP contribution in [0.1, 0.15) is 0 Å². The first kappa shape index (κ1) is 6.44. The maximum Gasteiger partial charge on any atom is 0.312 e. The molecule has 0 radical (unpaired) electrons. The molecule has 6 rings (SSSR count). The number of ether oxygens (including phenoxy) is 1. The summed E-state index contributed by atoms with van der Waals surface area (Å²) in [7, 11) is 1.54. The van der Waals surface area contributed by atoms with Gasteiger partial charge < -0.3 is 4.74 Å². The van der Waals surface area contributed by atoms with Crippen LogP contribution in [0.25, 0.3) is 0 Å². The van der Waals surface area contributed by atoms with Crippen molar-refractivity contribution < 1.29 is 9.53 Å². The number of rotatable bonds is 1. The molecule has 0 atom stereocenters. The molecule has 0 aromatic carbocycles. The molecule has 0 saturated heterocycles. The fourth-order valence-electron chi connectivity index (χ4n) is 5.98. The third-order valence-corrected chi connectivity index (χ3v) is 7.63. The van der Waals surface area contributed by atoms with Crippen LogP contribution in [-0.2, 0) is 9.53 Å². The predicted molar refractivity (Wildman–Crippen MR) is 47.0 cm³/mol. The smallest absolute Gasteiger partial charge is 0.312 e. The summed E-state index contributed by atoms with van der Waals surface area (Å²) in [6.45, 7) is 0. The lowest BCUT2D eigenvalue weighted by atomic mass is 8.96. The lowest BCUT2D eigenvalue weighted by Gasteiger charge is -3.09. The van der Waals surface area contributed by atoms with Gasteiger partial charge in [-0.2, -0.15) is 0 Å². The van der Waals surface area contributed by atoms with Gasteiger partial charge in [-0.05, 0) is 35.5 Å². The number of hydrogen-bond donors (Lipinski definition) is 0. The Kier molecular flexibility index (Phi) is 0.616. The predicted octanol–water partition coefficient (Wildman–Crippen LogP) is 1.04. The molecule has 0 unspecified atom stereocenters. The fraction of sp³-hybridized carbons (Fsp3) is 0.900. The van der Waals surface area contributed by atoms with Crippen molar-refractivity contribution in [3.8, 4) is 0 Å². The summed E-state index contributed by atoms with van der Waals surface area (Å²) in [6.07, 6.45) is 0. The molecular formula is C10H9BrO2. The normalized spacial score (nSPS) is 82.0. The summed E-state index contributed by atoms with van der Waals surface area (Å²) in [4.78, 5) is 11.7. The van der Waals surface area contributed by atoms with E-state index in [9.17, 15) is 4.79 Å². The van der Waals surface area contributed by atoms with Crippen molar-refractivity contribution in [1.82, 2.24) is 0 Å². The molecule has 0 heterocycles. The summed E-state index contributed by atoms with van der Waals surface area (Å²) in [5.41, 5.74) is 0.0598. The third kappa shape index (κ3) is 0.256. The van der Waals surface area contributed by atoms with Crippen LogP contribution >= 0.6 is 15.9 Å². The summed E-state index contributed by atoms with van der Waals surface area (Å²) in [5, 5.41) is 0. The first-order valence-corrected chi connectivity index (χ1v) is 5.78. The second-order valence-electron chi connectivity index (χ2n) is 5.41. The molecule has 0 bridgehead atoms. The van der Waals surface area contributed by atoms with Crippen LogP contribution in [0.3, 0.4) is 0 Å². The Labute approximate surface area is 84.1 Å². The molecule has 0 amide bonds. The zero-order valence-electron chi connectivity index (χ0n) is 7.16. The number of esters is 1. The van der Waals surface area contributed by atoms with E-state index in [4.69, 9.17) is 4.74 Å². The Morgan fingerprint density at radius 3 is 2.00 bits per heavy atom. The highest BCUT2D eigenvalue weighted by molar-refractivity contribution is 9.10. The molecule has 6 saturated carbocycles. The van der Waals surface area contributed by atoms with Crippen molar-refractivity contribution in [2.75, 3.05) is 7.11 Å². The van der Waals surface area contributed by atoms with Gasteiger partial charge in [0.1, 0.15) is 0 Å². The Balaban J connectivity index is 1.65. The molecule has 68 valence electrons. The van der Waals surface area contributed by atoms with Crippen molar-refractivity contribution in [1.29, 1.82) is 0 Å². The van der Waals surface area contributed by atoms with Crippen LogP contribution in [0.15, 0.2) is 0 Å². The molecule has 6 fully saturated rings. The second kappa shape index (κ2) is 1.24. The second-order valence-corrected chi connectivity index (χ2v) is 6.78. The molecular weight excluding hydrogens is 232 g/mol. The van der Waals surface area contributed by atoms with Gasteiger partial charge in [0.15, 0.2) is 0 Å². The van der Waals surface area contributed by atoms with E-state index in [0.29, 0.717) is 4.32 Å². The topological polar surface area (TPSA) is 26.3 Å². The monoisotopic (exact) mass is 240 g/mol. The van der Waals surface area contributed by atoms with Crippen molar-refractivity contribution >= 4 is 21.9 Å². The number of alkyl halides is 1. The number of methoxy groups -OCH3 is 1. The van der Waals surface area contributed by atoms with E-state index in [1.807, 2.05) is 0 Å². The van der Waals surface area contributed by atoms with Gasteiger partial charge in [-0.15, -0.1) is 0 Å². The van der Waals surface area contributed by atoms with E-state index >= 15 is 0 Å². The molecule has 0 aromatic heterocycles. The van der Waals surface area contributed by atoms with Crippen molar-refractivity contribution in [2.24, 2.45) is 40.9 Å². The van der Waals surface area contributed by atoms with Crippen molar-refractivity contribution in [3.63, 3.8) is 0 Å². The maximum atomic E-state index is 11.7. The molecule has 0 N–H and O–H groups in total. The van der Waals surface area contributed by atoms with E-state index in [2.05, 4.69) is 15.9 Å². The highest BCUT2D eigenvalue weighted by Gasteiger charge is 3.11. The van der Waals surface area contributed by atoms with Crippen LogP contribution in [0.4, 0.5) is 0 Å². The summed E-state index contributed by atoms with van der Waals surface area (Å²) in [5.74, 6) is 4.83. The van der Waals surface area contributed by atoms with Gasteiger partial charge in [-0.1, -0.05) is 15.9 Å². The molecule has 13 heavy (non-hydrogen) atoms. The van der Waals surface area contributed by atoms with Crippen LogP contribution in [0.5, 0.6) is 0 Å². The highest BCUT2D eigenvalue weighted by atomic mass is 79.9. The maximum absolute atomic E-state index is 11.7. The Hall–Kier alpha value is -0.0500. The van der Waals surface area contributed by atoms with Gasteiger partial charge in [0, 0.05) is 4.32 Å². The molecule has 0 aromatic rings. The average molecular weight is 241 g/mol. The average Bonchev–Trinajstić information content (AvgIpc) is 2.18. The molecule has 0 spiro atoms. The first-order chi connectivity index (χ1) is 6.21. The number of halogens is 1. The Morgan fingerprint density at radius 2 is 1.62 bits per heavy atom. The van der Waals surface area contributed by atoms with E-state index < -0.39 is 0 Å². The Morgan fingerprint density at radius 1 is 1.15 bits per heavy atom. The minimum absolute atomic E-state index is 0.0598. The van der Waals surface area contributed by atoms with E-state index in [1.54, 1.807) is 0 Å². The van der Waals surface area contributed by atoms with E-state index in [1.165, 1.54) is 7.11 Å². The number of carbonyl (C=O) groups is 1. The quantitative estimate of drug-likeness (QED) is 0.506. The zero-order chi connectivity index (χ0) is 8.75. The molecule has 3 heteroatoms. The van der Waals surface area contributed by atoms with Crippen molar-refractivity contribution in [2.45, 2.75) is 4.32 Å². The molecule has 0 aliphatic heterocycles. The van der Waals surface area contributed by atoms with Gasteiger partial charge in [0.05, 0.1) is 12.5 Å². The molecule has 6 aliphatic rings. The number of hydrogen-bond acceptors (Lipinski definition) is 2. The first-order valence-electron chi connectivity index (χ1n) is 4.99. The van der Waals surface area contributed by atoms with Crippen LogP contribution < -0.4 is 0 Å². The van der Waals surface area contributed by atoms with E-state index in [-0.39, 0.29) is 11.4 Å². The van der Waals surface area contributed by atoms with Crippen LogP contribution in [0.2, 0.25) is 0 Å². The Bertz CT molecular complexity index is 335. The third-order valence-electron chi connectivity index (χ3n) is 6.05. The van der Waals surface area contributed by atoms with Crippen molar-refractivity contribution in [3.05, 3.63) is 0 Å². The van der Waals surface area contributed by atoms with Gasteiger partial charge in [0.2, 0.25) is 0 Å². The fourth-order valence-corrected chi connectivity index (χ4v) is 7.69. The van der Waals surface area contributed by atoms with Gasteiger partial charge in [0.25, 0.3) is 0 Å². The van der Waals surface area contributed by atoms with Crippen LogP contribution in [0, 0.1) is 40.9 Å². The highest BCUT2D eigenvalue weighted by Crippen LogP contribution is 3.08. The lowest BCUT2D eigenvalue weighted by molar-refractivity contribution is -0.577. The summed E-state index contributed by atoms with van der Waals surface area (Å²) < 4.78 is 5.47. The molecule has 2 nitrogen and oxygen atoms in total. The lowest BCUT2D eigenvalue weighted by Crippen LogP contribution is -3.12. The van der Waals surface area contributed by atoms with Gasteiger partial charge >= 0.3 is 5.97 Å².